The summed E-state index contributed by atoms with van der Waals surface area (Å²) in [5.41, 5.74) is 4.84. The number of para-hydroxylation sites is 1. The number of nitrogens with one attached hydrogen (secondary N) is 1. The van der Waals surface area contributed by atoms with Crippen molar-refractivity contribution in [1.82, 2.24) is 15.1 Å². The van der Waals surface area contributed by atoms with Gasteiger partial charge in [-0.15, -0.1) is 0 Å². The Kier molecular flexibility index (Phi) is 3.76. The molecular weight excluding hydrogens is 258 g/mol. The molecule has 1 aromatic heterocycles. The minimum atomic E-state index is 0.500. The van der Waals surface area contributed by atoms with Crippen molar-refractivity contribution < 1.29 is 0 Å². The third-order valence-electron chi connectivity index (χ3n) is 3.68. The molecule has 0 amide bonds. The Morgan fingerprint density at radius 1 is 1.14 bits per heavy atom. The molecule has 0 saturated carbocycles. The molecule has 3 aromatic rings. The molecule has 21 heavy (non-hydrogen) atoms. The number of aromatic nitrogens is 2. The maximum Gasteiger partial charge on any atom is 0.0741 e. The minimum Gasteiger partial charge on any atom is -0.310 e. The van der Waals surface area contributed by atoms with E-state index in [1.165, 1.54) is 16.5 Å². The van der Waals surface area contributed by atoms with Gasteiger partial charge in [0.2, 0.25) is 0 Å². The normalized spacial score (nSPS) is 11.4. The van der Waals surface area contributed by atoms with Crippen LogP contribution in [0.25, 0.3) is 16.6 Å². The van der Waals surface area contributed by atoms with Gasteiger partial charge >= 0.3 is 0 Å². The topological polar surface area (TPSA) is 29.9 Å². The summed E-state index contributed by atoms with van der Waals surface area (Å²) in [5, 5.41) is 9.15. The number of nitrogens with zero attached hydrogens (tertiary/aromatic N) is 2. The summed E-state index contributed by atoms with van der Waals surface area (Å²) in [6, 6.07) is 15.4. The number of hydrogen-bond donors (Lipinski definition) is 1. The van der Waals surface area contributed by atoms with Crippen LogP contribution in [-0.2, 0) is 6.54 Å². The summed E-state index contributed by atoms with van der Waals surface area (Å²) in [5.74, 6) is 0. The van der Waals surface area contributed by atoms with Gasteiger partial charge in [0.15, 0.2) is 0 Å². The highest BCUT2D eigenvalue weighted by atomic mass is 15.3. The minimum absolute atomic E-state index is 0.500. The van der Waals surface area contributed by atoms with E-state index in [4.69, 9.17) is 0 Å². The van der Waals surface area contributed by atoms with E-state index >= 15 is 0 Å². The average Bonchev–Trinajstić information content (AvgIpc) is 2.89. The van der Waals surface area contributed by atoms with Gasteiger partial charge in [0.05, 0.1) is 17.4 Å². The van der Waals surface area contributed by atoms with Crippen LogP contribution < -0.4 is 5.32 Å². The van der Waals surface area contributed by atoms with E-state index in [9.17, 15) is 0 Å². The van der Waals surface area contributed by atoms with Gasteiger partial charge in [-0.3, -0.25) is 0 Å². The van der Waals surface area contributed by atoms with Crippen molar-refractivity contribution in [3.8, 4) is 5.69 Å². The quantitative estimate of drug-likeness (QED) is 0.786. The van der Waals surface area contributed by atoms with Gasteiger partial charge in [0.25, 0.3) is 0 Å². The molecule has 0 aliphatic carbocycles. The van der Waals surface area contributed by atoms with E-state index in [2.05, 4.69) is 67.6 Å². The highest BCUT2D eigenvalue weighted by Crippen LogP contribution is 2.21. The fraction of sp³-hybridized carbons (Fsp3) is 0.278. The third-order valence-corrected chi connectivity index (χ3v) is 3.68. The fourth-order valence-electron chi connectivity index (χ4n) is 2.55. The monoisotopic (exact) mass is 279 g/mol. The Bertz CT molecular complexity index is 756. The summed E-state index contributed by atoms with van der Waals surface area (Å²) in [6.45, 7) is 7.37. The molecule has 0 aliphatic heterocycles. The van der Waals surface area contributed by atoms with Crippen LogP contribution in [0, 0.1) is 6.92 Å². The Labute approximate surface area is 125 Å². The van der Waals surface area contributed by atoms with E-state index in [-0.39, 0.29) is 0 Å². The van der Waals surface area contributed by atoms with Crippen molar-refractivity contribution in [1.29, 1.82) is 0 Å². The lowest BCUT2D eigenvalue weighted by atomic mass is 10.1. The highest BCUT2D eigenvalue weighted by Gasteiger charge is 2.07. The molecule has 0 atom stereocenters. The van der Waals surface area contributed by atoms with Gasteiger partial charge in [-0.2, -0.15) is 5.10 Å². The number of aryl methyl sites for hydroxylation is 1. The molecule has 0 spiro atoms. The second-order valence-electron chi connectivity index (χ2n) is 5.77. The molecule has 108 valence electrons. The Morgan fingerprint density at radius 2 is 1.95 bits per heavy atom. The second kappa shape index (κ2) is 5.70. The van der Waals surface area contributed by atoms with Gasteiger partial charge in [-0.25, -0.2) is 4.68 Å². The predicted octanol–water partition coefficient (Wildman–Crippen LogP) is 3.83. The van der Waals surface area contributed by atoms with Crippen LogP contribution in [0.5, 0.6) is 0 Å². The molecule has 0 bridgehead atoms. The van der Waals surface area contributed by atoms with Crippen molar-refractivity contribution in [2.75, 3.05) is 0 Å². The second-order valence-corrected chi connectivity index (χ2v) is 5.77. The van der Waals surface area contributed by atoms with E-state index in [0.29, 0.717) is 6.04 Å². The zero-order chi connectivity index (χ0) is 14.8. The zero-order valence-electron chi connectivity index (χ0n) is 12.8. The van der Waals surface area contributed by atoms with Crippen LogP contribution in [0.4, 0.5) is 0 Å². The number of rotatable bonds is 4. The van der Waals surface area contributed by atoms with Crippen LogP contribution >= 0.6 is 0 Å². The standard InChI is InChI=1S/C18H21N3/c1-13(2)19-11-15-8-9-17(14(3)10-15)21-18-7-5-4-6-16(18)12-20-21/h4-10,12-13,19H,11H2,1-3H3. The van der Waals surface area contributed by atoms with E-state index in [1.54, 1.807) is 0 Å². The molecule has 0 unspecified atom stereocenters. The molecular formula is C18H21N3. The number of benzene rings is 2. The van der Waals surface area contributed by atoms with Crippen LogP contribution in [0.15, 0.2) is 48.7 Å². The Balaban J connectivity index is 1.96. The molecule has 3 nitrogen and oxygen atoms in total. The molecule has 0 saturated heterocycles. The summed E-state index contributed by atoms with van der Waals surface area (Å²) in [6.07, 6.45) is 1.92. The predicted molar refractivity (Wildman–Crippen MR) is 87.8 cm³/mol. The number of hydrogen-bond acceptors (Lipinski definition) is 2. The summed E-state index contributed by atoms with van der Waals surface area (Å²) in [7, 11) is 0. The average molecular weight is 279 g/mol. The fourth-order valence-corrected chi connectivity index (χ4v) is 2.55. The van der Waals surface area contributed by atoms with E-state index < -0.39 is 0 Å². The van der Waals surface area contributed by atoms with Gasteiger partial charge in [0.1, 0.15) is 0 Å². The van der Waals surface area contributed by atoms with Gasteiger partial charge < -0.3 is 5.32 Å². The van der Waals surface area contributed by atoms with Crippen LogP contribution in [0.2, 0.25) is 0 Å². The maximum absolute atomic E-state index is 4.53. The lowest BCUT2D eigenvalue weighted by molar-refractivity contribution is 0.588. The molecule has 3 rings (SSSR count). The summed E-state index contributed by atoms with van der Waals surface area (Å²) >= 11 is 0. The third kappa shape index (κ3) is 2.83. The first-order valence-electron chi connectivity index (χ1n) is 7.41. The highest BCUT2D eigenvalue weighted by molar-refractivity contribution is 5.80. The first-order chi connectivity index (χ1) is 10.1. The lowest BCUT2D eigenvalue weighted by Crippen LogP contribution is -2.21. The SMILES string of the molecule is Cc1cc(CNC(C)C)ccc1-n1ncc2ccccc21. The first-order valence-corrected chi connectivity index (χ1v) is 7.41. The smallest absolute Gasteiger partial charge is 0.0741 e. The summed E-state index contributed by atoms with van der Waals surface area (Å²) < 4.78 is 2.02. The summed E-state index contributed by atoms with van der Waals surface area (Å²) in [4.78, 5) is 0. The van der Waals surface area contributed by atoms with Crippen molar-refractivity contribution in [3.05, 3.63) is 59.8 Å². The van der Waals surface area contributed by atoms with Gasteiger partial charge in [-0.1, -0.05) is 44.2 Å². The number of fused-ring (bicyclic) bond motifs is 1. The molecule has 3 heteroatoms. The Hall–Kier alpha value is -2.13. The van der Waals surface area contributed by atoms with Crippen molar-refractivity contribution in [3.63, 3.8) is 0 Å². The largest absolute Gasteiger partial charge is 0.310 e. The molecule has 0 radical (unpaired) electrons. The van der Waals surface area contributed by atoms with Crippen molar-refractivity contribution in [2.45, 2.75) is 33.4 Å². The maximum atomic E-state index is 4.53. The molecule has 0 fully saturated rings. The van der Waals surface area contributed by atoms with Crippen molar-refractivity contribution in [2.24, 2.45) is 0 Å². The Morgan fingerprint density at radius 3 is 2.71 bits per heavy atom. The molecule has 0 aliphatic rings. The molecule has 1 heterocycles. The van der Waals surface area contributed by atoms with E-state index in [0.717, 1.165) is 17.7 Å². The van der Waals surface area contributed by atoms with Crippen LogP contribution in [0.1, 0.15) is 25.0 Å². The first kappa shape index (κ1) is 13.8. The zero-order valence-corrected chi connectivity index (χ0v) is 12.8. The van der Waals surface area contributed by atoms with Crippen LogP contribution in [-0.4, -0.2) is 15.8 Å². The van der Waals surface area contributed by atoms with E-state index in [1.807, 2.05) is 16.9 Å². The molecule has 1 N–H and O–H groups in total. The lowest BCUT2D eigenvalue weighted by Gasteiger charge is -2.12. The van der Waals surface area contributed by atoms with Crippen molar-refractivity contribution >= 4 is 10.9 Å². The van der Waals surface area contributed by atoms with Gasteiger partial charge in [0, 0.05) is 18.0 Å². The van der Waals surface area contributed by atoms with Gasteiger partial charge in [-0.05, 0) is 30.2 Å². The molecule has 2 aromatic carbocycles. The van der Waals surface area contributed by atoms with Crippen LogP contribution in [0.3, 0.4) is 0 Å².